The van der Waals surface area contributed by atoms with Crippen molar-refractivity contribution in [2.45, 2.75) is 38.9 Å². The maximum Gasteiger partial charge on any atom is 0.126 e. The molecular weight excluding hydrogens is 398 g/mol. The number of rotatable bonds is 8. The molecule has 0 aliphatic carbocycles. The fourth-order valence-electron chi connectivity index (χ4n) is 4.38. The lowest BCUT2D eigenvalue weighted by molar-refractivity contribution is 0.190. The van der Waals surface area contributed by atoms with Crippen LogP contribution >= 0.6 is 0 Å². The van der Waals surface area contributed by atoms with Gasteiger partial charge < -0.3 is 14.8 Å². The smallest absolute Gasteiger partial charge is 0.126 e. The van der Waals surface area contributed by atoms with E-state index in [1.807, 2.05) is 25.3 Å². The number of piperidine rings is 1. The van der Waals surface area contributed by atoms with E-state index in [1.165, 1.54) is 24.0 Å². The molecule has 0 amide bonds. The number of benzene rings is 2. The van der Waals surface area contributed by atoms with Crippen LogP contribution in [0.5, 0.6) is 11.5 Å². The van der Waals surface area contributed by atoms with Crippen LogP contribution in [0.4, 0.5) is 0 Å². The van der Waals surface area contributed by atoms with Crippen molar-refractivity contribution in [2.75, 3.05) is 27.3 Å². The molecule has 1 N–H and O–H groups in total. The summed E-state index contributed by atoms with van der Waals surface area (Å²) in [6.07, 6.45) is 4.26. The fraction of sp³-hybridized carbons (Fsp3) is 0.370. The van der Waals surface area contributed by atoms with E-state index in [1.54, 1.807) is 14.2 Å². The number of likely N-dealkylation sites (tertiary alicyclic amines) is 1. The van der Waals surface area contributed by atoms with Gasteiger partial charge in [0.15, 0.2) is 0 Å². The van der Waals surface area contributed by atoms with Gasteiger partial charge in [0, 0.05) is 36.5 Å². The van der Waals surface area contributed by atoms with E-state index in [0.717, 1.165) is 54.5 Å². The second-order valence-electron chi connectivity index (χ2n) is 8.47. The van der Waals surface area contributed by atoms with Crippen molar-refractivity contribution in [3.05, 3.63) is 77.5 Å². The molecule has 0 radical (unpaired) electrons. The number of nitrogens with zero attached hydrogens (tertiary/aromatic N) is 2. The van der Waals surface area contributed by atoms with Crippen molar-refractivity contribution in [3.63, 3.8) is 0 Å². The highest BCUT2D eigenvalue weighted by atomic mass is 16.5. The zero-order chi connectivity index (χ0) is 22.3. The van der Waals surface area contributed by atoms with Crippen LogP contribution in [0.15, 0.2) is 60.8 Å². The molecule has 5 heteroatoms. The molecule has 32 heavy (non-hydrogen) atoms. The topological polar surface area (TPSA) is 46.6 Å². The minimum Gasteiger partial charge on any atom is -0.496 e. The summed E-state index contributed by atoms with van der Waals surface area (Å²) >= 11 is 0. The van der Waals surface area contributed by atoms with Gasteiger partial charge in [-0.15, -0.1) is 0 Å². The molecule has 1 fully saturated rings. The van der Waals surface area contributed by atoms with Gasteiger partial charge in [0.05, 0.1) is 19.9 Å². The van der Waals surface area contributed by atoms with Gasteiger partial charge in [-0.05, 0) is 68.2 Å². The van der Waals surface area contributed by atoms with Crippen molar-refractivity contribution in [2.24, 2.45) is 0 Å². The van der Waals surface area contributed by atoms with Crippen LogP contribution in [0.1, 0.15) is 29.5 Å². The van der Waals surface area contributed by atoms with Crippen molar-refractivity contribution in [1.29, 1.82) is 0 Å². The Labute approximate surface area is 191 Å². The van der Waals surface area contributed by atoms with E-state index in [2.05, 4.69) is 57.7 Å². The summed E-state index contributed by atoms with van der Waals surface area (Å²) in [4.78, 5) is 7.15. The molecule has 0 atom stereocenters. The molecule has 0 unspecified atom stereocenters. The van der Waals surface area contributed by atoms with Crippen LogP contribution in [0, 0.1) is 6.92 Å². The average Bonchev–Trinajstić information content (AvgIpc) is 2.84. The van der Waals surface area contributed by atoms with Crippen LogP contribution in [-0.4, -0.2) is 43.2 Å². The molecule has 3 aromatic rings. The van der Waals surface area contributed by atoms with Gasteiger partial charge in [0.2, 0.25) is 0 Å². The van der Waals surface area contributed by atoms with Gasteiger partial charge >= 0.3 is 0 Å². The number of ether oxygens (including phenoxy) is 2. The first-order chi connectivity index (χ1) is 15.7. The number of nitrogens with one attached hydrogen (secondary N) is 1. The lowest BCUT2D eigenvalue weighted by atomic mass is 10.0. The third-order valence-electron chi connectivity index (χ3n) is 6.30. The number of hydrogen-bond donors (Lipinski definition) is 1. The summed E-state index contributed by atoms with van der Waals surface area (Å²) in [5.74, 6) is 1.63. The Kier molecular flexibility index (Phi) is 7.40. The summed E-state index contributed by atoms with van der Waals surface area (Å²) in [5.41, 5.74) is 5.58. The van der Waals surface area contributed by atoms with Crippen LogP contribution in [-0.2, 0) is 13.1 Å². The Morgan fingerprint density at radius 2 is 1.62 bits per heavy atom. The molecule has 2 heterocycles. The van der Waals surface area contributed by atoms with Crippen LogP contribution in [0.3, 0.4) is 0 Å². The van der Waals surface area contributed by atoms with E-state index in [9.17, 15) is 0 Å². The predicted octanol–water partition coefficient (Wildman–Crippen LogP) is 4.83. The van der Waals surface area contributed by atoms with Crippen molar-refractivity contribution >= 4 is 0 Å². The SMILES string of the molecule is COc1cc(-c2cc(CN3CCC(NCc4ccccc4)CC3)ccn2)cc(OC)c1C. The molecule has 1 saturated heterocycles. The summed E-state index contributed by atoms with van der Waals surface area (Å²) in [7, 11) is 3.38. The minimum atomic E-state index is 0.590. The summed E-state index contributed by atoms with van der Waals surface area (Å²) in [5, 5.41) is 3.72. The molecule has 1 aliphatic heterocycles. The normalized spacial score (nSPS) is 15.0. The van der Waals surface area contributed by atoms with Crippen molar-refractivity contribution in [1.82, 2.24) is 15.2 Å². The quantitative estimate of drug-likeness (QED) is 0.554. The first-order valence-corrected chi connectivity index (χ1v) is 11.3. The van der Waals surface area contributed by atoms with Crippen LogP contribution < -0.4 is 14.8 Å². The van der Waals surface area contributed by atoms with Gasteiger partial charge in [-0.25, -0.2) is 0 Å². The third-order valence-corrected chi connectivity index (χ3v) is 6.30. The molecule has 0 saturated carbocycles. The maximum absolute atomic E-state index is 5.54. The van der Waals surface area contributed by atoms with Gasteiger partial charge in [0.1, 0.15) is 11.5 Å². The molecule has 4 rings (SSSR count). The lowest BCUT2D eigenvalue weighted by Gasteiger charge is -2.32. The minimum absolute atomic E-state index is 0.590. The Morgan fingerprint density at radius 3 is 2.28 bits per heavy atom. The van der Waals surface area contributed by atoms with E-state index >= 15 is 0 Å². The zero-order valence-corrected chi connectivity index (χ0v) is 19.3. The first kappa shape index (κ1) is 22.3. The number of pyridine rings is 1. The molecular formula is C27H33N3O2. The van der Waals surface area contributed by atoms with E-state index in [0.29, 0.717) is 6.04 Å². The first-order valence-electron chi connectivity index (χ1n) is 11.3. The molecule has 2 aromatic carbocycles. The Hall–Kier alpha value is -2.89. The van der Waals surface area contributed by atoms with E-state index < -0.39 is 0 Å². The standard InChI is InChI=1S/C27H33N3O2/c1-20-26(31-2)16-23(17-27(20)32-3)25-15-22(9-12-28-25)19-30-13-10-24(11-14-30)29-18-21-7-5-4-6-8-21/h4-9,12,15-17,24,29H,10-11,13-14,18-19H2,1-3H3. The monoisotopic (exact) mass is 431 g/mol. The Bertz CT molecular complexity index is 989. The van der Waals surface area contributed by atoms with Crippen molar-refractivity contribution < 1.29 is 9.47 Å². The summed E-state index contributed by atoms with van der Waals surface area (Å²) < 4.78 is 11.1. The van der Waals surface area contributed by atoms with Crippen LogP contribution in [0.2, 0.25) is 0 Å². The van der Waals surface area contributed by atoms with Crippen molar-refractivity contribution in [3.8, 4) is 22.8 Å². The number of methoxy groups -OCH3 is 2. The van der Waals surface area contributed by atoms with Gasteiger partial charge in [-0.2, -0.15) is 0 Å². The second kappa shape index (κ2) is 10.6. The average molecular weight is 432 g/mol. The third kappa shape index (κ3) is 5.47. The van der Waals surface area contributed by atoms with Gasteiger partial charge in [-0.1, -0.05) is 30.3 Å². The van der Waals surface area contributed by atoms with Crippen LogP contribution in [0.25, 0.3) is 11.3 Å². The maximum atomic E-state index is 5.54. The molecule has 1 aromatic heterocycles. The Balaban J connectivity index is 1.36. The molecule has 168 valence electrons. The van der Waals surface area contributed by atoms with Gasteiger partial charge in [0.25, 0.3) is 0 Å². The highest BCUT2D eigenvalue weighted by molar-refractivity contribution is 5.66. The second-order valence-corrected chi connectivity index (χ2v) is 8.47. The highest BCUT2D eigenvalue weighted by Crippen LogP contribution is 2.34. The zero-order valence-electron chi connectivity index (χ0n) is 19.3. The molecule has 1 aliphatic rings. The van der Waals surface area contributed by atoms with E-state index in [4.69, 9.17) is 9.47 Å². The predicted molar refractivity (Wildman–Crippen MR) is 129 cm³/mol. The van der Waals surface area contributed by atoms with E-state index in [-0.39, 0.29) is 0 Å². The fourth-order valence-corrected chi connectivity index (χ4v) is 4.38. The highest BCUT2D eigenvalue weighted by Gasteiger charge is 2.19. The Morgan fingerprint density at radius 1 is 0.938 bits per heavy atom. The van der Waals surface area contributed by atoms with Gasteiger partial charge in [-0.3, -0.25) is 9.88 Å². The number of hydrogen-bond acceptors (Lipinski definition) is 5. The molecule has 0 bridgehead atoms. The molecule has 0 spiro atoms. The lowest BCUT2D eigenvalue weighted by Crippen LogP contribution is -2.41. The summed E-state index contributed by atoms with van der Waals surface area (Å²) in [6.45, 7) is 6.11. The summed E-state index contributed by atoms with van der Waals surface area (Å²) in [6, 6.07) is 19.6. The number of aromatic nitrogens is 1. The largest absolute Gasteiger partial charge is 0.496 e. The molecule has 5 nitrogen and oxygen atoms in total.